The molecule has 0 saturated carbocycles. The van der Waals surface area contributed by atoms with Crippen molar-refractivity contribution >= 4 is 23.1 Å². The molecular formula is C20H19NO2. The molecule has 0 aliphatic rings. The minimum atomic E-state index is 0.618. The van der Waals surface area contributed by atoms with Gasteiger partial charge < -0.3 is 9.47 Å². The van der Waals surface area contributed by atoms with Gasteiger partial charge in [-0.3, -0.25) is 0 Å². The van der Waals surface area contributed by atoms with Crippen molar-refractivity contribution in [1.82, 2.24) is 4.98 Å². The van der Waals surface area contributed by atoms with Gasteiger partial charge in [0.15, 0.2) is 11.5 Å². The van der Waals surface area contributed by atoms with E-state index in [2.05, 4.69) is 17.1 Å². The van der Waals surface area contributed by atoms with Crippen LogP contribution in [-0.4, -0.2) is 18.7 Å². The fourth-order valence-corrected chi connectivity index (χ4v) is 2.42. The molecule has 2 aromatic carbocycles. The smallest absolute Gasteiger partial charge is 0.161 e. The van der Waals surface area contributed by atoms with Crippen LogP contribution in [0.15, 0.2) is 54.6 Å². The zero-order valence-corrected chi connectivity index (χ0v) is 13.3. The summed E-state index contributed by atoms with van der Waals surface area (Å²) in [5.74, 6) is 1.50. The predicted octanol–water partition coefficient (Wildman–Crippen LogP) is 4.81. The number of nitrogens with zero attached hydrogens (tertiary/aromatic N) is 1. The third-order valence-corrected chi connectivity index (χ3v) is 3.55. The fourth-order valence-electron chi connectivity index (χ4n) is 2.42. The standard InChI is InChI=1S/C20H19NO2/c1-3-23-19-13-9-15(14-20(19)22-2)8-11-17-12-10-16-6-4-5-7-18(16)21-17/h4-14H,3H2,1-2H3. The Morgan fingerprint density at radius 1 is 0.957 bits per heavy atom. The molecule has 1 heterocycles. The maximum Gasteiger partial charge on any atom is 0.161 e. The maximum atomic E-state index is 5.53. The molecule has 0 radical (unpaired) electrons. The Morgan fingerprint density at radius 3 is 2.65 bits per heavy atom. The number of fused-ring (bicyclic) bond motifs is 1. The SMILES string of the molecule is CCOc1ccc(C=Cc2ccc3ccccc3n2)cc1OC. The number of ether oxygens (including phenoxy) is 2. The molecular weight excluding hydrogens is 286 g/mol. The van der Waals surface area contributed by atoms with Crippen LogP contribution in [0.4, 0.5) is 0 Å². The lowest BCUT2D eigenvalue weighted by atomic mass is 10.1. The second-order valence-corrected chi connectivity index (χ2v) is 5.11. The van der Waals surface area contributed by atoms with Crippen molar-refractivity contribution in [1.29, 1.82) is 0 Å². The lowest BCUT2D eigenvalue weighted by Gasteiger charge is -2.09. The first-order valence-electron chi connectivity index (χ1n) is 7.65. The van der Waals surface area contributed by atoms with Crippen molar-refractivity contribution in [2.24, 2.45) is 0 Å². The monoisotopic (exact) mass is 305 g/mol. The third kappa shape index (κ3) is 3.51. The number of pyridine rings is 1. The predicted molar refractivity (Wildman–Crippen MR) is 94.8 cm³/mol. The van der Waals surface area contributed by atoms with Gasteiger partial charge in [0.05, 0.1) is 24.9 Å². The van der Waals surface area contributed by atoms with E-state index in [1.807, 2.05) is 61.5 Å². The summed E-state index contributed by atoms with van der Waals surface area (Å²) in [7, 11) is 1.65. The molecule has 0 aliphatic carbocycles. The second-order valence-electron chi connectivity index (χ2n) is 5.11. The molecule has 0 amide bonds. The van der Waals surface area contributed by atoms with E-state index >= 15 is 0 Å². The van der Waals surface area contributed by atoms with Crippen LogP contribution in [0.3, 0.4) is 0 Å². The molecule has 0 aliphatic heterocycles. The third-order valence-electron chi connectivity index (χ3n) is 3.55. The first kappa shape index (κ1) is 15.1. The van der Waals surface area contributed by atoms with Gasteiger partial charge in [0, 0.05) is 5.39 Å². The average molecular weight is 305 g/mol. The van der Waals surface area contributed by atoms with Gasteiger partial charge in [0.25, 0.3) is 0 Å². The average Bonchev–Trinajstić information content (AvgIpc) is 2.61. The van der Waals surface area contributed by atoms with Crippen molar-refractivity contribution in [3.8, 4) is 11.5 Å². The van der Waals surface area contributed by atoms with E-state index < -0.39 is 0 Å². The summed E-state index contributed by atoms with van der Waals surface area (Å²) in [6, 6.07) is 18.1. The number of hydrogen-bond donors (Lipinski definition) is 0. The Labute approximate surface area is 136 Å². The van der Waals surface area contributed by atoms with Gasteiger partial charge in [0.2, 0.25) is 0 Å². The first-order valence-corrected chi connectivity index (χ1v) is 7.65. The van der Waals surface area contributed by atoms with E-state index in [4.69, 9.17) is 9.47 Å². The van der Waals surface area contributed by atoms with Crippen molar-refractivity contribution < 1.29 is 9.47 Å². The molecule has 3 nitrogen and oxygen atoms in total. The highest BCUT2D eigenvalue weighted by atomic mass is 16.5. The molecule has 116 valence electrons. The van der Waals surface area contributed by atoms with Gasteiger partial charge in [-0.05, 0) is 42.8 Å². The summed E-state index contributed by atoms with van der Waals surface area (Å²) in [6.45, 7) is 2.57. The van der Waals surface area contributed by atoms with Crippen LogP contribution < -0.4 is 9.47 Å². The Bertz CT molecular complexity index is 840. The number of methoxy groups -OCH3 is 1. The topological polar surface area (TPSA) is 31.4 Å². The summed E-state index contributed by atoms with van der Waals surface area (Å²) in [5, 5.41) is 1.15. The van der Waals surface area contributed by atoms with Crippen LogP contribution >= 0.6 is 0 Å². The minimum absolute atomic E-state index is 0.618. The van der Waals surface area contributed by atoms with Crippen molar-refractivity contribution in [3.05, 3.63) is 65.9 Å². The Hall–Kier alpha value is -2.81. The quantitative estimate of drug-likeness (QED) is 0.677. The number of rotatable bonds is 5. The summed E-state index contributed by atoms with van der Waals surface area (Å²) in [6.07, 6.45) is 4.02. The number of aromatic nitrogens is 1. The van der Waals surface area contributed by atoms with Crippen LogP contribution in [0, 0.1) is 0 Å². The van der Waals surface area contributed by atoms with Crippen LogP contribution in [0.5, 0.6) is 11.5 Å². The lowest BCUT2D eigenvalue weighted by Crippen LogP contribution is -1.95. The van der Waals surface area contributed by atoms with E-state index in [9.17, 15) is 0 Å². The fraction of sp³-hybridized carbons (Fsp3) is 0.150. The van der Waals surface area contributed by atoms with Gasteiger partial charge >= 0.3 is 0 Å². The van der Waals surface area contributed by atoms with Gasteiger partial charge in [-0.2, -0.15) is 0 Å². The molecule has 23 heavy (non-hydrogen) atoms. The highest BCUT2D eigenvalue weighted by Crippen LogP contribution is 2.28. The van der Waals surface area contributed by atoms with Gasteiger partial charge in [0.1, 0.15) is 0 Å². The zero-order valence-electron chi connectivity index (χ0n) is 13.3. The summed E-state index contributed by atoms with van der Waals surface area (Å²) < 4.78 is 10.9. The van der Waals surface area contributed by atoms with E-state index in [1.165, 1.54) is 0 Å². The molecule has 3 aromatic rings. The van der Waals surface area contributed by atoms with Crippen LogP contribution in [0.25, 0.3) is 23.1 Å². The molecule has 0 N–H and O–H groups in total. The van der Waals surface area contributed by atoms with E-state index in [-0.39, 0.29) is 0 Å². The highest BCUT2D eigenvalue weighted by molar-refractivity contribution is 5.80. The molecule has 0 fully saturated rings. The van der Waals surface area contributed by atoms with Gasteiger partial charge in [-0.1, -0.05) is 36.4 Å². The zero-order chi connectivity index (χ0) is 16.1. The summed E-state index contributed by atoms with van der Waals surface area (Å²) >= 11 is 0. The maximum absolute atomic E-state index is 5.53. The Morgan fingerprint density at radius 2 is 1.83 bits per heavy atom. The summed E-state index contributed by atoms with van der Waals surface area (Å²) in [5.41, 5.74) is 2.97. The first-order chi connectivity index (χ1) is 11.3. The molecule has 0 atom stereocenters. The van der Waals surface area contributed by atoms with Crippen molar-refractivity contribution in [2.75, 3.05) is 13.7 Å². The molecule has 3 rings (SSSR count). The molecule has 0 bridgehead atoms. The molecule has 0 spiro atoms. The van der Waals surface area contributed by atoms with E-state index in [1.54, 1.807) is 7.11 Å². The Kier molecular flexibility index (Phi) is 4.57. The van der Waals surface area contributed by atoms with E-state index in [0.29, 0.717) is 6.61 Å². The molecule has 0 unspecified atom stereocenters. The number of hydrogen-bond acceptors (Lipinski definition) is 3. The largest absolute Gasteiger partial charge is 0.493 e. The number of benzene rings is 2. The molecule has 3 heteroatoms. The van der Waals surface area contributed by atoms with Crippen molar-refractivity contribution in [3.63, 3.8) is 0 Å². The minimum Gasteiger partial charge on any atom is -0.493 e. The molecule has 0 saturated heterocycles. The second kappa shape index (κ2) is 6.97. The van der Waals surface area contributed by atoms with Gasteiger partial charge in [-0.15, -0.1) is 0 Å². The van der Waals surface area contributed by atoms with Crippen LogP contribution in [0.1, 0.15) is 18.2 Å². The summed E-state index contributed by atoms with van der Waals surface area (Å²) in [4.78, 5) is 4.64. The van der Waals surface area contributed by atoms with Crippen LogP contribution in [-0.2, 0) is 0 Å². The van der Waals surface area contributed by atoms with Crippen molar-refractivity contribution in [2.45, 2.75) is 6.92 Å². The lowest BCUT2D eigenvalue weighted by molar-refractivity contribution is 0.311. The highest BCUT2D eigenvalue weighted by Gasteiger charge is 2.03. The number of para-hydroxylation sites is 1. The van der Waals surface area contributed by atoms with Gasteiger partial charge in [-0.25, -0.2) is 4.98 Å². The molecule has 1 aromatic heterocycles. The van der Waals surface area contributed by atoms with Crippen LogP contribution in [0.2, 0.25) is 0 Å². The normalized spacial score (nSPS) is 11.0. The van der Waals surface area contributed by atoms with E-state index in [0.717, 1.165) is 33.7 Å². The Balaban J connectivity index is 1.86.